The second-order valence-corrected chi connectivity index (χ2v) is 7.68. The molecule has 0 aliphatic carbocycles. The number of benzene rings is 1. The van der Waals surface area contributed by atoms with Gasteiger partial charge < -0.3 is 9.47 Å². The molecule has 6 heteroatoms. The van der Waals surface area contributed by atoms with Crippen molar-refractivity contribution in [3.8, 4) is 0 Å². The first-order chi connectivity index (χ1) is 13.7. The predicted molar refractivity (Wildman–Crippen MR) is 117 cm³/mol. The number of rotatable bonds is 7. The van der Waals surface area contributed by atoms with Crippen molar-refractivity contribution in [3.05, 3.63) is 65.5 Å². The maximum atomic E-state index is 11.4. The van der Waals surface area contributed by atoms with Crippen LogP contribution in [0.2, 0.25) is 0 Å². The number of aryl methyl sites for hydroxylation is 2. The molecule has 0 N–H and O–H groups in total. The fraction of sp³-hybridized carbons (Fsp3) is 0.348. The molecule has 0 amide bonds. The van der Waals surface area contributed by atoms with Crippen LogP contribution in [-0.2, 0) is 26.7 Å². The monoisotopic (exact) mass is 395 g/mol. The lowest BCUT2D eigenvalue weighted by atomic mass is 9.86. The molecule has 0 aliphatic heterocycles. The molecule has 1 heterocycles. The van der Waals surface area contributed by atoms with E-state index in [9.17, 15) is 4.79 Å². The van der Waals surface area contributed by atoms with E-state index in [1.165, 1.54) is 5.56 Å². The van der Waals surface area contributed by atoms with Crippen LogP contribution >= 0.6 is 0 Å². The number of aromatic nitrogens is 2. The van der Waals surface area contributed by atoms with E-state index in [-0.39, 0.29) is 12.2 Å². The second kappa shape index (κ2) is 9.37. The molecule has 29 heavy (non-hydrogen) atoms. The summed E-state index contributed by atoms with van der Waals surface area (Å²) in [5, 5.41) is 4.41. The van der Waals surface area contributed by atoms with Crippen molar-refractivity contribution in [1.82, 2.24) is 9.78 Å². The smallest absolute Gasteiger partial charge is 0.333 e. The third kappa shape index (κ3) is 5.67. The average Bonchev–Trinajstić information content (AvgIpc) is 3.01. The molecule has 0 unspecified atom stereocenters. The van der Waals surface area contributed by atoms with Crippen molar-refractivity contribution >= 4 is 23.5 Å². The first-order valence-corrected chi connectivity index (χ1v) is 9.37. The Morgan fingerprint density at radius 3 is 2.38 bits per heavy atom. The first-order valence-electron chi connectivity index (χ1n) is 9.37. The minimum Gasteiger partial charge on any atom is -0.454 e. The summed E-state index contributed by atoms with van der Waals surface area (Å²) < 4.78 is 12.7. The van der Waals surface area contributed by atoms with Crippen molar-refractivity contribution in [3.63, 3.8) is 0 Å². The number of hydrogen-bond acceptors (Lipinski definition) is 5. The van der Waals surface area contributed by atoms with Gasteiger partial charge in [-0.3, -0.25) is 9.67 Å². The van der Waals surface area contributed by atoms with Crippen molar-refractivity contribution in [1.29, 1.82) is 0 Å². The minimum atomic E-state index is -0.550. The van der Waals surface area contributed by atoms with Gasteiger partial charge in [-0.05, 0) is 29.5 Å². The van der Waals surface area contributed by atoms with Crippen molar-refractivity contribution in [2.24, 2.45) is 12.0 Å². The molecule has 1 aromatic carbocycles. The first kappa shape index (κ1) is 22.1. The lowest BCUT2D eigenvalue weighted by Crippen LogP contribution is -2.11. The average molecular weight is 396 g/mol. The van der Waals surface area contributed by atoms with E-state index in [0.29, 0.717) is 5.76 Å². The van der Waals surface area contributed by atoms with Crippen molar-refractivity contribution < 1.29 is 14.3 Å². The molecule has 0 fully saturated rings. The molecular weight excluding hydrogens is 366 g/mol. The number of carbonyl (C=O) groups is 1. The summed E-state index contributed by atoms with van der Waals surface area (Å²) in [4.78, 5) is 15.6. The molecule has 2 aromatic rings. The largest absolute Gasteiger partial charge is 0.454 e. The highest BCUT2D eigenvalue weighted by Gasteiger charge is 2.18. The maximum Gasteiger partial charge on any atom is 0.333 e. The molecule has 6 nitrogen and oxygen atoms in total. The van der Waals surface area contributed by atoms with E-state index in [1.54, 1.807) is 17.9 Å². The van der Waals surface area contributed by atoms with Crippen LogP contribution in [0, 0.1) is 6.92 Å². The maximum absolute atomic E-state index is 11.4. The van der Waals surface area contributed by atoms with Crippen LogP contribution in [0.4, 0.5) is 0 Å². The van der Waals surface area contributed by atoms with E-state index >= 15 is 0 Å². The van der Waals surface area contributed by atoms with Crippen molar-refractivity contribution in [2.45, 2.75) is 33.1 Å². The van der Waals surface area contributed by atoms with Crippen LogP contribution in [0.1, 0.15) is 43.3 Å². The van der Waals surface area contributed by atoms with Crippen LogP contribution in [0.3, 0.4) is 0 Å². The van der Waals surface area contributed by atoms with E-state index in [2.05, 4.69) is 49.6 Å². The third-order valence-corrected chi connectivity index (χ3v) is 4.37. The molecule has 0 radical (unpaired) electrons. The van der Waals surface area contributed by atoms with Crippen molar-refractivity contribution in [2.75, 3.05) is 13.8 Å². The number of carbonyl (C=O) groups excluding carboxylic acids is 1. The Labute approximate surface area is 172 Å². The van der Waals surface area contributed by atoms with E-state index in [1.807, 2.05) is 32.2 Å². The highest BCUT2D eigenvalue weighted by molar-refractivity contribution is 6.18. The van der Waals surface area contributed by atoms with Gasteiger partial charge in [0.25, 0.3) is 0 Å². The summed E-state index contributed by atoms with van der Waals surface area (Å²) in [5.41, 5.74) is 4.60. The highest BCUT2D eigenvalue weighted by atomic mass is 16.7. The summed E-state index contributed by atoms with van der Waals surface area (Å²) in [7, 11) is 3.54. The van der Waals surface area contributed by atoms with Gasteiger partial charge >= 0.3 is 5.97 Å². The zero-order chi connectivity index (χ0) is 21.6. The molecule has 0 atom stereocenters. The topological polar surface area (TPSA) is 65.7 Å². The Morgan fingerprint density at radius 2 is 1.90 bits per heavy atom. The van der Waals surface area contributed by atoms with Gasteiger partial charge in [-0.25, -0.2) is 4.79 Å². The Bertz CT molecular complexity index is 929. The fourth-order valence-electron chi connectivity index (χ4n) is 2.86. The van der Waals surface area contributed by atoms with E-state index in [4.69, 9.17) is 9.47 Å². The lowest BCUT2D eigenvalue weighted by molar-refractivity contribution is -0.145. The van der Waals surface area contributed by atoms with Gasteiger partial charge in [0, 0.05) is 32.0 Å². The molecule has 2 rings (SSSR count). The molecular formula is C23H29N3O3. The number of esters is 1. The Hall–Kier alpha value is -3.15. The van der Waals surface area contributed by atoms with E-state index < -0.39 is 5.97 Å². The molecule has 1 aromatic heterocycles. The SMILES string of the molecule is C=CC(=O)OCO/C(=C(/C=N\C)c1ccc(C(C)(C)C)cc1)c1cc(C)nn1C. The Morgan fingerprint density at radius 1 is 1.24 bits per heavy atom. The number of nitrogens with zero attached hydrogens (tertiary/aromatic N) is 3. The van der Waals surface area contributed by atoms with Gasteiger partial charge in [0.15, 0.2) is 5.76 Å². The highest BCUT2D eigenvalue weighted by Crippen LogP contribution is 2.29. The zero-order valence-electron chi connectivity index (χ0n) is 18.0. The molecule has 0 saturated carbocycles. The second-order valence-electron chi connectivity index (χ2n) is 7.68. The van der Waals surface area contributed by atoms with Crippen LogP contribution in [0.25, 0.3) is 11.3 Å². The van der Waals surface area contributed by atoms with Gasteiger partial charge in [-0.1, -0.05) is 51.6 Å². The quantitative estimate of drug-likeness (QED) is 0.230. The normalized spacial score (nSPS) is 12.6. The number of hydrogen-bond donors (Lipinski definition) is 0. The molecule has 0 bridgehead atoms. The fourth-order valence-corrected chi connectivity index (χ4v) is 2.86. The van der Waals surface area contributed by atoms with Gasteiger partial charge in [0.1, 0.15) is 5.69 Å². The summed E-state index contributed by atoms with van der Waals surface area (Å²) in [6.07, 6.45) is 2.83. The minimum absolute atomic E-state index is 0.0542. The molecule has 0 spiro atoms. The summed E-state index contributed by atoms with van der Waals surface area (Å²) in [5.74, 6) is -0.0233. The standard InChI is InChI=1S/C23H29N3O3/c1-8-21(27)28-15-29-22(20-13-16(2)25-26(20)7)19(14-24-6)17-9-11-18(12-10-17)23(3,4)5/h8-14H,1,15H2,2-7H3/b22-19-,24-14-. The Balaban J connectivity index is 2.56. The van der Waals surface area contributed by atoms with E-state index in [0.717, 1.165) is 28.6 Å². The van der Waals surface area contributed by atoms with Gasteiger partial charge in [-0.2, -0.15) is 5.10 Å². The predicted octanol–water partition coefficient (Wildman–Crippen LogP) is 4.30. The summed E-state index contributed by atoms with van der Waals surface area (Å²) in [6.45, 7) is 11.6. The van der Waals surface area contributed by atoms with Crippen LogP contribution < -0.4 is 0 Å². The molecule has 0 saturated heterocycles. The Kier molecular flexibility index (Phi) is 7.15. The molecule has 0 aliphatic rings. The number of ether oxygens (including phenoxy) is 2. The van der Waals surface area contributed by atoms with Crippen LogP contribution in [0.15, 0.2) is 48.0 Å². The summed E-state index contributed by atoms with van der Waals surface area (Å²) in [6, 6.07) is 10.2. The number of aliphatic imine (C=N–C) groups is 1. The van der Waals surface area contributed by atoms with Gasteiger partial charge in [0.2, 0.25) is 6.79 Å². The zero-order valence-corrected chi connectivity index (χ0v) is 18.0. The van der Waals surface area contributed by atoms with Crippen LogP contribution in [-0.4, -0.2) is 35.8 Å². The lowest BCUT2D eigenvalue weighted by Gasteiger charge is -2.20. The summed E-state index contributed by atoms with van der Waals surface area (Å²) >= 11 is 0. The number of allylic oxidation sites excluding steroid dienone is 1. The van der Waals surface area contributed by atoms with Gasteiger partial charge in [0.05, 0.1) is 5.69 Å². The van der Waals surface area contributed by atoms with Crippen LogP contribution in [0.5, 0.6) is 0 Å². The molecule has 154 valence electrons. The third-order valence-electron chi connectivity index (χ3n) is 4.37. The van der Waals surface area contributed by atoms with Gasteiger partial charge in [-0.15, -0.1) is 0 Å².